The van der Waals surface area contributed by atoms with Crippen molar-refractivity contribution in [2.45, 2.75) is 44.2 Å². The average Bonchev–Trinajstić information content (AvgIpc) is 2.59. The zero-order chi connectivity index (χ0) is 16.1. The SMILES string of the molecule is COc1cc(OC)c([C@@H](N)[C@@H](O)C2CCCCC2)cc1OC.Cl. The van der Waals surface area contributed by atoms with Crippen LogP contribution in [0.4, 0.5) is 0 Å². The Kier molecular flexibility index (Phi) is 7.95. The molecule has 0 aromatic heterocycles. The first-order chi connectivity index (χ1) is 10.6. The summed E-state index contributed by atoms with van der Waals surface area (Å²) >= 11 is 0. The molecule has 132 valence electrons. The van der Waals surface area contributed by atoms with Crippen molar-refractivity contribution >= 4 is 12.4 Å². The van der Waals surface area contributed by atoms with E-state index in [-0.39, 0.29) is 18.3 Å². The largest absolute Gasteiger partial charge is 0.496 e. The van der Waals surface area contributed by atoms with Gasteiger partial charge in [-0.2, -0.15) is 0 Å². The van der Waals surface area contributed by atoms with Gasteiger partial charge in [0, 0.05) is 11.6 Å². The zero-order valence-electron chi connectivity index (χ0n) is 14.1. The van der Waals surface area contributed by atoms with Crippen LogP contribution in [-0.4, -0.2) is 32.5 Å². The third-order valence-electron chi connectivity index (χ3n) is 4.60. The molecule has 5 nitrogen and oxygen atoms in total. The van der Waals surface area contributed by atoms with Crippen molar-refractivity contribution in [2.24, 2.45) is 11.7 Å². The number of aliphatic hydroxyl groups is 1. The van der Waals surface area contributed by atoms with Crippen LogP contribution in [0.15, 0.2) is 12.1 Å². The fourth-order valence-corrected chi connectivity index (χ4v) is 3.27. The Morgan fingerprint density at radius 3 is 2.00 bits per heavy atom. The predicted molar refractivity (Wildman–Crippen MR) is 92.9 cm³/mol. The summed E-state index contributed by atoms with van der Waals surface area (Å²) in [7, 11) is 4.75. The third-order valence-corrected chi connectivity index (χ3v) is 4.60. The molecule has 0 unspecified atom stereocenters. The summed E-state index contributed by atoms with van der Waals surface area (Å²) in [6, 6.07) is 3.05. The molecule has 1 aliphatic rings. The Morgan fingerprint density at radius 1 is 0.957 bits per heavy atom. The van der Waals surface area contributed by atoms with E-state index in [9.17, 15) is 5.11 Å². The van der Waals surface area contributed by atoms with Gasteiger partial charge in [-0.05, 0) is 24.8 Å². The van der Waals surface area contributed by atoms with Crippen molar-refractivity contribution in [2.75, 3.05) is 21.3 Å². The lowest BCUT2D eigenvalue weighted by molar-refractivity contribution is 0.0610. The van der Waals surface area contributed by atoms with Gasteiger partial charge in [0.1, 0.15) is 5.75 Å². The molecule has 0 aliphatic heterocycles. The first kappa shape index (κ1) is 19.9. The molecular formula is C17H28ClNO4. The van der Waals surface area contributed by atoms with Gasteiger partial charge in [0.25, 0.3) is 0 Å². The topological polar surface area (TPSA) is 73.9 Å². The van der Waals surface area contributed by atoms with Crippen molar-refractivity contribution in [1.82, 2.24) is 0 Å². The fourth-order valence-electron chi connectivity index (χ4n) is 3.27. The van der Waals surface area contributed by atoms with E-state index >= 15 is 0 Å². The molecular weight excluding hydrogens is 318 g/mol. The lowest BCUT2D eigenvalue weighted by Crippen LogP contribution is -2.34. The van der Waals surface area contributed by atoms with Crippen LogP contribution in [0, 0.1) is 5.92 Å². The van der Waals surface area contributed by atoms with E-state index in [4.69, 9.17) is 19.9 Å². The number of hydrogen-bond donors (Lipinski definition) is 2. The molecule has 23 heavy (non-hydrogen) atoms. The zero-order valence-corrected chi connectivity index (χ0v) is 14.9. The van der Waals surface area contributed by atoms with E-state index < -0.39 is 12.1 Å². The monoisotopic (exact) mass is 345 g/mol. The number of rotatable bonds is 6. The van der Waals surface area contributed by atoms with Crippen LogP contribution in [0.2, 0.25) is 0 Å². The van der Waals surface area contributed by atoms with Crippen LogP contribution in [0.25, 0.3) is 0 Å². The maximum absolute atomic E-state index is 10.7. The Balaban J connectivity index is 0.00000264. The lowest BCUT2D eigenvalue weighted by atomic mass is 9.81. The van der Waals surface area contributed by atoms with Gasteiger partial charge in [-0.25, -0.2) is 0 Å². The van der Waals surface area contributed by atoms with Crippen molar-refractivity contribution in [3.8, 4) is 17.2 Å². The number of hydrogen-bond acceptors (Lipinski definition) is 5. The van der Waals surface area contributed by atoms with Crippen LogP contribution < -0.4 is 19.9 Å². The van der Waals surface area contributed by atoms with Gasteiger partial charge in [0.2, 0.25) is 0 Å². The average molecular weight is 346 g/mol. The summed E-state index contributed by atoms with van der Waals surface area (Å²) in [5, 5.41) is 10.7. The first-order valence-electron chi connectivity index (χ1n) is 7.86. The summed E-state index contributed by atoms with van der Waals surface area (Å²) in [6.45, 7) is 0. The van der Waals surface area contributed by atoms with Crippen LogP contribution in [0.3, 0.4) is 0 Å². The number of ether oxygens (including phenoxy) is 3. The fraction of sp³-hybridized carbons (Fsp3) is 0.647. The molecule has 1 saturated carbocycles. The van der Waals surface area contributed by atoms with E-state index in [2.05, 4.69) is 0 Å². The summed E-state index contributed by atoms with van der Waals surface area (Å²) < 4.78 is 16.0. The van der Waals surface area contributed by atoms with Gasteiger partial charge in [-0.3, -0.25) is 0 Å². The Morgan fingerprint density at radius 2 is 1.48 bits per heavy atom. The normalized spacial score (nSPS) is 17.8. The van der Waals surface area contributed by atoms with E-state index in [1.165, 1.54) is 6.42 Å². The predicted octanol–water partition coefficient (Wildman–Crippen LogP) is 3.08. The van der Waals surface area contributed by atoms with Gasteiger partial charge in [0.15, 0.2) is 11.5 Å². The molecule has 0 heterocycles. The molecule has 2 atom stereocenters. The number of methoxy groups -OCH3 is 3. The minimum Gasteiger partial charge on any atom is -0.496 e. The van der Waals surface area contributed by atoms with Gasteiger partial charge in [-0.1, -0.05) is 19.3 Å². The maximum atomic E-state index is 10.7. The van der Waals surface area contributed by atoms with Gasteiger partial charge < -0.3 is 25.1 Å². The van der Waals surface area contributed by atoms with Crippen LogP contribution in [0.1, 0.15) is 43.7 Å². The minimum atomic E-state index is -0.577. The van der Waals surface area contributed by atoms with Crippen LogP contribution in [0.5, 0.6) is 17.2 Å². The lowest BCUT2D eigenvalue weighted by Gasteiger charge is -2.31. The second-order valence-corrected chi connectivity index (χ2v) is 5.86. The van der Waals surface area contributed by atoms with E-state index in [1.54, 1.807) is 33.5 Å². The van der Waals surface area contributed by atoms with Gasteiger partial charge in [-0.15, -0.1) is 12.4 Å². The summed E-state index contributed by atoms with van der Waals surface area (Å²) in [5.74, 6) is 2.04. The highest BCUT2D eigenvalue weighted by atomic mass is 35.5. The molecule has 6 heteroatoms. The highest BCUT2D eigenvalue weighted by Gasteiger charge is 2.30. The number of nitrogens with two attached hydrogens (primary N) is 1. The Labute approximate surface area is 144 Å². The number of benzene rings is 1. The highest BCUT2D eigenvalue weighted by molar-refractivity contribution is 5.85. The van der Waals surface area contributed by atoms with Crippen molar-refractivity contribution < 1.29 is 19.3 Å². The second-order valence-electron chi connectivity index (χ2n) is 5.86. The molecule has 1 aromatic carbocycles. The summed E-state index contributed by atoms with van der Waals surface area (Å²) in [4.78, 5) is 0. The van der Waals surface area contributed by atoms with Gasteiger partial charge in [0.05, 0.1) is 33.5 Å². The smallest absolute Gasteiger partial charge is 0.164 e. The molecule has 3 N–H and O–H groups in total. The minimum absolute atomic E-state index is 0. The van der Waals surface area contributed by atoms with E-state index in [1.807, 2.05) is 0 Å². The molecule has 0 radical (unpaired) electrons. The Bertz CT molecular complexity index is 492. The molecule has 1 fully saturated rings. The maximum Gasteiger partial charge on any atom is 0.164 e. The van der Waals surface area contributed by atoms with Crippen molar-refractivity contribution in [1.29, 1.82) is 0 Å². The van der Waals surface area contributed by atoms with Gasteiger partial charge >= 0.3 is 0 Å². The van der Waals surface area contributed by atoms with E-state index in [0.717, 1.165) is 31.2 Å². The molecule has 0 amide bonds. The molecule has 0 bridgehead atoms. The number of aliphatic hydroxyl groups excluding tert-OH is 1. The van der Waals surface area contributed by atoms with Crippen molar-refractivity contribution in [3.05, 3.63) is 17.7 Å². The summed E-state index contributed by atoms with van der Waals surface area (Å²) in [5.41, 5.74) is 7.08. The van der Waals surface area contributed by atoms with Crippen LogP contribution in [-0.2, 0) is 0 Å². The molecule has 0 saturated heterocycles. The highest BCUT2D eigenvalue weighted by Crippen LogP contribution is 2.40. The Hall–Kier alpha value is -1.17. The molecule has 1 aliphatic carbocycles. The van der Waals surface area contributed by atoms with Crippen molar-refractivity contribution in [3.63, 3.8) is 0 Å². The van der Waals surface area contributed by atoms with Crippen LogP contribution >= 0.6 is 12.4 Å². The molecule has 0 spiro atoms. The van der Waals surface area contributed by atoms with E-state index in [0.29, 0.717) is 17.2 Å². The second kappa shape index (κ2) is 9.21. The quantitative estimate of drug-likeness (QED) is 0.828. The first-order valence-corrected chi connectivity index (χ1v) is 7.86. The molecule has 2 rings (SSSR count). The summed E-state index contributed by atoms with van der Waals surface area (Å²) in [6.07, 6.45) is 5.06. The molecule has 1 aromatic rings. The number of halogens is 1. The third kappa shape index (κ3) is 4.43. The standard InChI is InChI=1S/C17H27NO4.ClH/c1-20-13-10-15(22-3)14(21-2)9-12(13)16(18)17(19)11-7-5-4-6-8-11;/h9-11,16-17,19H,4-8,18H2,1-3H3;1H/t16-,17+;/m1./s1.